The van der Waals surface area contributed by atoms with Gasteiger partial charge in [-0.3, -0.25) is 4.55 Å². The first-order chi connectivity index (χ1) is 25.5. The average molecular weight is 742 g/mol. The van der Waals surface area contributed by atoms with Crippen molar-refractivity contribution in [3.8, 4) is 23.3 Å². The summed E-state index contributed by atoms with van der Waals surface area (Å²) in [6, 6.07) is 20.1. The van der Waals surface area contributed by atoms with E-state index in [0.29, 0.717) is 55.4 Å². The number of aliphatic hydroxyl groups is 2. The van der Waals surface area contributed by atoms with Crippen molar-refractivity contribution in [2.45, 2.75) is 80.5 Å². The maximum Gasteiger partial charge on any atom is 0.268 e. The minimum Gasteiger partial charge on any atom is -0.508 e. The van der Waals surface area contributed by atoms with Crippen molar-refractivity contribution in [2.24, 2.45) is 34.2 Å². The molecule has 0 radical (unpaired) electrons. The van der Waals surface area contributed by atoms with E-state index in [1.54, 1.807) is 24.3 Å². The van der Waals surface area contributed by atoms with Gasteiger partial charge in [-0.1, -0.05) is 60.4 Å². The lowest BCUT2D eigenvalue weighted by molar-refractivity contribution is -0.0131. The number of hydrogen-bond acceptors (Lipinski definition) is 8. The summed E-state index contributed by atoms with van der Waals surface area (Å²) < 4.78 is 51.6. The largest absolute Gasteiger partial charge is 0.508 e. The predicted molar refractivity (Wildman–Crippen MR) is 200 cm³/mol. The van der Waals surface area contributed by atoms with Crippen molar-refractivity contribution >= 4 is 16.1 Å². The fourth-order valence-electron chi connectivity index (χ4n) is 8.94. The Labute approximate surface area is 310 Å². The number of rotatable bonds is 6. The van der Waals surface area contributed by atoms with E-state index in [1.165, 1.54) is 0 Å². The summed E-state index contributed by atoms with van der Waals surface area (Å²) in [6.07, 6.45) is 4.57. The third-order valence-electron chi connectivity index (χ3n) is 11.3. The van der Waals surface area contributed by atoms with Gasteiger partial charge in [0.05, 0.1) is 11.4 Å². The number of hydrogen-bond donors (Lipinski definition) is 6. The fraction of sp³-hybridized carbons (Fsp3) is 0.439. The van der Waals surface area contributed by atoms with Crippen LogP contribution in [-0.4, -0.2) is 58.8 Å². The number of aliphatic imine (C=N–C) groups is 1. The Kier molecular flexibility index (Phi) is 10.6. The standard InChI is InChI=1S/C41H47N3O8S/c42-40(43)44-41(17-2-18-45)31-10-8-27(9-11-31)38-29-20-30(23-36(38)37(53(48,49)50)16-7-25-5-13-33(52-41)14-6-25)39-35-15-12-32(47)21-28(35)4-1-3-26(24-46)19-34(22-29)51-39/h5-6,8-15,21,23,26,29,34,36-39,45-47H,2-3,7,16-20,22,24H2,(H4,42,43,44)(H,48,49,50). The molecule has 280 valence electrons. The van der Waals surface area contributed by atoms with Crippen LogP contribution in [0.5, 0.6) is 11.5 Å². The molecule has 7 aliphatic rings. The number of aromatic hydroxyl groups is 1. The van der Waals surface area contributed by atoms with Crippen molar-refractivity contribution in [3.63, 3.8) is 0 Å². The zero-order valence-electron chi connectivity index (χ0n) is 29.5. The van der Waals surface area contributed by atoms with E-state index in [9.17, 15) is 28.3 Å². The first kappa shape index (κ1) is 37.0. The third-order valence-corrected chi connectivity index (χ3v) is 12.6. The van der Waals surface area contributed by atoms with Gasteiger partial charge in [0.1, 0.15) is 17.6 Å². The fourth-order valence-corrected chi connectivity index (χ4v) is 10.0. The molecule has 1 aliphatic carbocycles. The highest BCUT2D eigenvalue weighted by atomic mass is 32.2. The molecule has 3 aromatic rings. The van der Waals surface area contributed by atoms with E-state index in [1.807, 2.05) is 48.5 Å². The van der Waals surface area contributed by atoms with Crippen LogP contribution in [0.3, 0.4) is 0 Å². The topological polar surface area (TPSA) is 198 Å². The monoisotopic (exact) mass is 741 g/mol. The van der Waals surface area contributed by atoms with E-state index < -0.39 is 33.1 Å². The molecule has 11 nitrogen and oxygen atoms in total. The highest BCUT2D eigenvalue weighted by Crippen LogP contribution is 2.53. The van der Waals surface area contributed by atoms with Crippen LogP contribution in [0.25, 0.3) is 0 Å². The molecular weight excluding hydrogens is 695 g/mol. The molecule has 1 saturated heterocycles. The Bertz CT molecular complexity index is 2040. The van der Waals surface area contributed by atoms with Crippen molar-refractivity contribution < 1.29 is 37.8 Å². The van der Waals surface area contributed by atoms with Crippen LogP contribution in [-0.2, 0) is 27.0 Å². The Hall–Kier alpha value is -4.38. The molecule has 8 unspecified atom stereocenters. The zero-order chi connectivity index (χ0) is 37.3. The van der Waals surface area contributed by atoms with Crippen LogP contribution in [0.15, 0.2) is 83.4 Å². The van der Waals surface area contributed by atoms with Gasteiger partial charge < -0.3 is 36.3 Å². The number of guanidine groups is 1. The molecule has 0 spiro atoms. The molecule has 6 aliphatic heterocycles. The number of benzene rings is 3. The quantitative estimate of drug-likeness (QED) is 0.0671. The van der Waals surface area contributed by atoms with Gasteiger partial charge in [0, 0.05) is 48.7 Å². The number of allylic oxidation sites excluding steroid dienone is 1. The Morgan fingerprint density at radius 1 is 1.02 bits per heavy atom. The summed E-state index contributed by atoms with van der Waals surface area (Å²) in [6.45, 7) is -0.160. The van der Waals surface area contributed by atoms with Gasteiger partial charge in [0.25, 0.3) is 10.1 Å². The minimum atomic E-state index is -4.56. The van der Waals surface area contributed by atoms with Crippen molar-refractivity contribution in [1.29, 1.82) is 0 Å². The maximum atomic E-state index is 13.5. The lowest BCUT2D eigenvalue weighted by atomic mass is 9.66. The third kappa shape index (κ3) is 7.81. The van der Waals surface area contributed by atoms with Gasteiger partial charge in [-0.15, -0.1) is 0 Å². The Morgan fingerprint density at radius 3 is 2.49 bits per heavy atom. The molecule has 8 bridgehead atoms. The smallest absolute Gasteiger partial charge is 0.268 e. The summed E-state index contributed by atoms with van der Waals surface area (Å²) >= 11 is 0. The van der Waals surface area contributed by atoms with E-state index in [4.69, 9.17) is 20.9 Å². The highest BCUT2D eigenvalue weighted by Gasteiger charge is 2.47. The molecule has 53 heavy (non-hydrogen) atoms. The second kappa shape index (κ2) is 15.2. The molecule has 6 heterocycles. The van der Waals surface area contributed by atoms with E-state index >= 15 is 0 Å². The lowest BCUT2D eigenvalue weighted by Gasteiger charge is -2.40. The number of phenolic OH excluding ortho intramolecular Hbond substituents is 1. The number of nitrogens with two attached hydrogens (primary N) is 2. The molecule has 8 N–H and O–H groups in total. The second-order valence-electron chi connectivity index (χ2n) is 14.9. The minimum absolute atomic E-state index is 0.0609. The van der Waals surface area contributed by atoms with Gasteiger partial charge >= 0.3 is 0 Å². The summed E-state index contributed by atoms with van der Waals surface area (Å²) in [7, 11) is -4.56. The van der Waals surface area contributed by atoms with Crippen LogP contribution < -0.4 is 16.2 Å². The van der Waals surface area contributed by atoms with E-state index in [0.717, 1.165) is 22.3 Å². The normalized spacial score (nSPS) is 29.3. The molecule has 8 atom stereocenters. The van der Waals surface area contributed by atoms with Crippen LogP contribution in [0, 0.1) is 29.6 Å². The van der Waals surface area contributed by atoms with Gasteiger partial charge in [0.2, 0.25) is 5.72 Å². The van der Waals surface area contributed by atoms with Crippen molar-refractivity contribution in [1.82, 2.24) is 0 Å². The average Bonchev–Trinajstić information content (AvgIpc) is 3.25. The van der Waals surface area contributed by atoms with Crippen LogP contribution >= 0.6 is 0 Å². The Balaban J connectivity index is 1.43. The molecule has 12 heteroatoms. The van der Waals surface area contributed by atoms with E-state index in [-0.39, 0.29) is 61.6 Å². The van der Waals surface area contributed by atoms with Crippen LogP contribution in [0.4, 0.5) is 0 Å². The summed E-state index contributed by atoms with van der Waals surface area (Å²) in [4.78, 5) is 4.59. The first-order valence-corrected chi connectivity index (χ1v) is 19.8. The zero-order valence-corrected chi connectivity index (χ0v) is 30.3. The summed E-state index contributed by atoms with van der Waals surface area (Å²) in [5.41, 5.74) is 15.3. The summed E-state index contributed by atoms with van der Waals surface area (Å²) in [5, 5.41) is 29.5. The van der Waals surface area contributed by atoms with Gasteiger partial charge in [-0.25, -0.2) is 4.99 Å². The van der Waals surface area contributed by atoms with Gasteiger partial charge in [-0.2, -0.15) is 8.42 Å². The number of fused-ring (bicyclic) bond motifs is 7. The van der Waals surface area contributed by atoms with Gasteiger partial charge in [-0.05, 0) is 97.2 Å². The van der Waals surface area contributed by atoms with Gasteiger partial charge in [0.15, 0.2) is 5.96 Å². The second-order valence-corrected chi connectivity index (χ2v) is 16.5. The summed E-state index contributed by atoms with van der Waals surface area (Å²) in [5.74, 6) is 5.62. The highest BCUT2D eigenvalue weighted by molar-refractivity contribution is 7.86. The first-order valence-electron chi connectivity index (χ1n) is 18.3. The Morgan fingerprint density at radius 2 is 1.79 bits per heavy atom. The van der Waals surface area contributed by atoms with E-state index in [2.05, 4.69) is 16.8 Å². The molecule has 0 aromatic heterocycles. The molecule has 10 rings (SSSR count). The maximum absolute atomic E-state index is 13.5. The molecular formula is C41H47N3O8S. The molecule has 0 amide bonds. The SMILES string of the molecule is NC(N)=NC1(CCCO)Oc2ccc(cc2)CCC(S(=O)(=O)O)C2C=C3CC(CC4CC(CO)CC#Cc5cc(O)ccc5C3O4)C2c2ccc1cc2. The molecule has 3 aromatic carbocycles. The van der Waals surface area contributed by atoms with Crippen molar-refractivity contribution in [3.05, 3.63) is 106 Å². The van der Waals surface area contributed by atoms with Crippen LogP contribution in [0.1, 0.15) is 84.8 Å². The van der Waals surface area contributed by atoms with Crippen LogP contribution in [0.2, 0.25) is 0 Å². The van der Waals surface area contributed by atoms with Crippen molar-refractivity contribution in [2.75, 3.05) is 13.2 Å². The molecule has 0 saturated carbocycles. The lowest BCUT2D eigenvalue weighted by Crippen LogP contribution is -2.39. The number of aryl methyl sites for hydroxylation is 1. The number of nitrogens with zero attached hydrogens (tertiary/aromatic N) is 1. The predicted octanol–water partition coefficient (Wildman–Crippen LogP) is 4.80. The molecule has 1 fully saturated rings. The number of ether oxygens (including phenoxy) is 2. The number of phenols is 1. The number of aliphatic hydroxyl groups excluding tert-OH is 2.